The van der Waals surface area contributed by atoms with Crippen molar-refractivity contribution in [1.82, 2.24) is 4.90 Å². The second-order valence-corrected chi connectivity index (χ2v) is 5.77. The van der Waals surface area contributed by atoms with Crippen molar-refractivity contribution in [1.29, 1.82) is 0 Å². The van der Waals surface area contributed by atoms with Crippen LogP contribution in [0.1, 0.15) is 25.8 Å². The summed E-state index contributed by atoms with van der Waals surface area (Å²) in [6.45, 7) is 4.16. The molecular formula is C17H26N2O2. The normalized spacial score (nSPS) is 13.1. The van der Waals surface area contributed by atoms with E-state index in [0.29, 0.717) is 18.8 Å². The third kappa shape index (κ3) is 5.98. The number of likely N-dealkylation sites (N-methyl/N-ethyl adjacent to an activating group) is 1. The number of esters is 1. The number of aliphatic imine (C=N–C) groups is 1. The molecule has 0 radical (unpaired) electrons. The second kappa shape index (κ2) is 8.45. The lowest BCUT2D eigenvalue weighted by Crippen LogP contribution is -2.30. The fraction of sp³-hybridized carbons (Fsp3) is 0.529. The van der Waals surface area contributed by atoms with Gasteiger partial charge in [-0.3, -0.25) is 4.99 Å². The molecule has 0 saturated heterocycles. The molecule has 1 aromatic carbocycles. The molecule has 0 aromatic heterocycles. The van der Waals surface area contributed by atoms with E-state index in [9.17, 15) is 4.79 Å². The van der Waals surface area contributed by atoms with Crippen LogP contribution in [0.3, 0.4) is 0 Å². The van der Waals surface area contributed by atoms with Crippen LogP contribution >= 0.6 is 0 Å². The van der Waals surface area contributed by atoms with Crippen LogP contribution in [-0.2, 0) is 16.0 Å². The smallest absolute Gasteiger partial charge is 0.330 e. The molecule has 1 rings (SSSR count). The summed E-state index contributed by atoms with van der Waals surface area (Å²) >= 11 is 0. The zero-order valence-electron chi connectivity index (χ0n) is 13.7. The van der Waals surface area contributed by atoms with Crippen molar-refractivity contribution in [2.75, 3.05) is 21.2 Å². The number of carbonyl (C=O) groups is 1. The molecule has 21 heavy (non-hydrogen) atoms. The molecule has 116 valence electrons. The number of hydrogen-bond acceptors (Lipinski definition) is 3. The molecule has 0 aliphatic heterocycles. The highest BCUT2D eigenvalue weighted by Crippen LogP contribution is 2.12. The van der Waals surface area contributed by atoms with Gasteiger partial charge in [0, 0.05) is 20.5 Å². The fourth-order valence-corrected chi connectivity index (χ4v) is 2.06. The zero-order chi connectivity index (χ0) is 15.8. The first-order valence-electron chi connectivity index (χ1n) is 7.29. The van der Waals surface area contributed by atoms with Crippen LogP contribution in [0, 0.1) is 5.92 Å². The van der Waals surface area contributed by atoms with Gasteiger partial charge in [0.1, 0.15) is 11.9 Å². The molecule has 0 aliphatic carbocycles. The number of nitrogens with zero attached hydrogens (tertiary/aromatic N) is 2. The van der Waals surface area contributed by atoms with Gasteiger partial charge in [0.05, 0.1) is 7.11 Å². The summed E-state index contributed by atoms with van der Waals surface area (Å²) in [5, 5.41) is 0. The maximum absolute atomic E-state index is 11.9. The summed E-state index contributed by atoms with van der Waals surface area (Å²) in [4.78, 5) is 18.5. The van der Waals surface area contributed by atoms with Crippen molar-refractivity contribution in [3.8, 4) is 0 Å². The van der Waals surface area contributed by atoms with Gasteiger partial charge < -0.3 is 9.64 Å². The van der Waals surface area contributed by atoms with Crippen molar-refractivity contribution >= 4 is 11.8 Å². The Morgan fingerprint density at radius 2 is 1.86 bits per heavy atom. The lowest BCUT2D eigenvalue weighted by molar-refractivity contribution is -0.142. The topological polar surface area (TPSA) is 41.9 Å². The number of methoxy groups -OCH3 is 1. The Morgan fingerprint density at radius 1 is 1.24 bits per heavy atom. The van der Waals surface area contributed by atoms with Crippen LogP contribution in [0.15, 0.2) is 35.3 Å². The van der Waals surface area contributed by atoms with Crippen LogP contribution in [0.5, 0.6) is 0 Å². The van der Waals surface area contributed by atoms with E-state index in [0.717, 1.165) is 5.84 Å². The van der Waals surface area contributed by atoms with Crippen molar-refractivity contribution in [3.63, 3.8) is 0 Å². The molecule has 1 atom stereocenters. The molecule has 0 heterocycles. The fourth-order valence-electron chi connectivity index (χ4n) is 2.06. The van der Waals surface area contributed by atoms with Gasteiger partial charge in [0.15, 0.2) is 0 Å². The molecule has 0 fully saturated rings. The van der Waals surface area contributed by atoms with Crippen molar-refractivity contribution < 1.29 is 9.53 Å². The average molecular weight is 290 g/mol. The second-order valence-electron chi connectivity index (χ2n) is 5.77. The molecule has 1 aromatic rings. The van der Waals surface area contributed by atoms with Crippen LogP contribution in [0.25, 0.3) is 0 Å². The molecule has 4 heteroatoms. The maximum atomic E-state index is 11.9. The van der Waals surface area contributed by atoms with E-state index in [2.05, 4.69) is 31.0 Å². The molecule has 0 N–H and O–H groups in total. The molecule has 0 amide bonds. The summed E-state index contributed by atoms with van der Waals surface area (Å²) in [6, 6.07) is 9.70. The summed E-state index contributed by atoms with van der Waals surface area (Å²) in [6.07, 6.45) is 1.40. The van der Waals surface area contributed by atoms with Crippen LogP contribution < -0.4 is 0 Å². The minimum atomic E-state index is -0.434. The first-order valence-corrected chi connectivity index (χ1v) is 7.29. The standard InChI is InChI=1S/C17H26N2O2/c1-13(2)11-15(17(20)21-5)18-16(19(3)4)12-14-9-7-6-8-10-14/h6-10,13,15H,11-12H2,1-5H3. The first kappa shape index (κ1) is 17.2. The number of ether oxygens (including phenoxy) is 1. The SMILES string of the molecule is COC(=O)C(CC(C)C)N=C(Cc1ccccc1)N(C)C. The minimum absolute atomic E-state index is 0.267. The van der Waals surface area contributed by atoms with E-state index in [1.54, 1.807) is 0 Å². The summed E-state index contributed by atoms with van der Waals surface area (Å²) in [5.41, 5.74) is 1.18. The van der Waals surface area contributed by atoms with Crippen molar-refractivity contribution in [2.45, 2.75) is 32.7 Å². The zero-order valence-corrected chi connectivity index (χ0v) is 13.7. The summed E-state index contributed by atoms with van der Waals surface area (Å²) < 4.78 is 4.88. The first-order chi connectivity index (χ1) is 9.93. The molecule has 0 aliphatic rings. The Morgan fingerprint density at radius 3 is 2.33 bits per heavy atom. The quantitative estimate of drug-likeness (QED) is 0.459. The van der Waals surface area contributed by atoms with Crippen LogP contribution in [-0.4, -0.2) is 44.0 Å². The third-order valence-corrected chi connectivity index (χ3v) is 3.19. The van der Waals surface area contributed by atoms with Gasteiger partial charge in [0.25, 0.3) is 0 Å². The summed E-state index contributed by atoms with van der Waals surface area (Å²) in [7, 11) is 5.31. The van der Waals surface area contributed by atoms with Crippen LogP contribution in [0.2, 0.25) is 0 Å². The van der Waals surface area contributed by atoms with Gasteiger partial charge in [0.2, 0.25) is 0 Å². The van der Waals surface area contributed by atoms with Crippen molar-refractivity contribution in [2.24, 2.45) is 10.9 Å². The lowest BCUT2D eigenvalue weighted by Gasteiger charge is -2.20. The number of rotatable bonds is 6. The van der Waals surface area contributed by atoms with Gasteiger partial charge in [-0.05, 0) is 17.9 Å². The van der Waals surface area contributed by atoms with E-state index in [-0.39, 0.29) is 5.97 Å². The van der Waals surface area contributed by atoms with E-state index in [1.807, 2.05) is 37.2 Å². The molecule has 0 spiro atoms. The Bertz CT molecular complexity index is 467. The molecule has 0 saturated carbocycles. The molecule has 1 unspecified atom stereocenters. The predicted octanol–water partition coefficient (Wildman–Crippen LogP) is 2.78. The van der Waals surface area contributed by atoms with Gasteiger partial charge in [-0.25, -0.2) is 4.79 Å². The largest absolute Gasteiger partial charge is 0.467 e. The monoisotopic (exact) mass is 290 g/mol. The van der Waals surface area contributed by atoms with E-state index in [1.165, 1.54) is 12.7 Å². The number of hydrogen-bond donors (Lipinski definition) is 0. The van der Waals surface area contributed by atoms with Crippen LogP contribution in [0.4, 0.5) is 0 Å². The van der Waals surface area contributed by atoms with Gasteiger partial charge in [-0.2, -0.15) is 0 Å². The highest BCUT2D eigenvalue weighted by Gasteiger charge is 2.21. The molecular weight excluding hydrogens is 264 g/mol. The summed E-state index contributed by atoms with van der Waals surface area (Å²) in [5.74, 6) is 1.01. The predicted molar refractivity (Wildman–Crippen MR) is 86.5 cm³/mol. The highest BCUT2D eigenvalue weighted by atomic mass is 16.5. The highest BCUT2D eigenvalue weighted by molar-refractivity contribution is 5.87. The van der Waals surface area contributed by atoms with Gasteiger partial charge >= 0.3 is 5.97 Å². The third-order valence-electron chi connectivity index (χ3n) is 3.19. The lowest BCUT2D eigenvalue weighted by atomic mass is 10.0. The van der Waals surface area contributed by atoms with E-state index < -0.39 is 6.04 Å². The Hall–Kier alpha value is -1.84. The Kier molecular flexibility index (Phi) is 6.92. The molecule has 0 bridgehead atoms. The maximum Gasteiger partial charge on any atom is 0.330 e. The molecule has 4 nitrogen and oxygen atoms in total. The Labute approximate surface area is 127 Å². The van der Waals surface area contributed by atoms with Gasteiger partial charge in [-0.1, -0.05) is 44.2 Å². The number of carbonyl (C=O) groups excluding carboxylic acids is 1. The number of benzene rings is 1. The van der Waals surface area contributed by atoms with Gasteiger partial charge in [-0.15, -0.1) is 0 Å². The minimum Gasteiger partial charge on any atom is -0.467 e. The van der Waals surface area contributed by atoms with E-state index in [4.69, 9.17) is 4.74 Å². The van der Waals surface area contributed by atoms with Crippen molar-refractivity contribution in [3.05, 3.63) is 35.9 Å². The number of amidine groups is 1. The van der Waals surface area contributed by atoms with E-state index >= 15 is 0 Å². The Balaban J connectivity index is 2.96. The average Bonchev–Trinajstić information content (AvgIpc) is 2.45.